The number of amides is 2. The smallest absolute Gasteiger partial charge is 0.274 e. The molecule has 0 aliphatic rings. The quantitative estimate of drug-likeness (QED) is 0.700. The van der Waals surface area contributed by atoms with Gasteiger partial charge in [-0.25, -0.2) is 0 Å². The molecule has 0 atom stereocenters. The fourth-order valence-corrected chi connectivity index (χ4v) is 2.74. The van der Waals surface area contributed by atoms with Crippen molar-refractivity contribution in [3.8, 4) is 5.75 Å². The Bertz CT molecular complexity index is 1030. The molecule has 3 aromatic rings. The summed E-state index contributed by atoms with van der Waals surface area (Å²) in [5.74, 6) is -0.0692. The van der Waals surface area contributed by atoms with Gasteiger partial charge < -0.3 is 15.4 Å². The van der Waals surface area contributed by atoms with Gasteiger partial charge in [0.15, 0.2) is 0 Å². The van der Waals surface area contributed by atoms with E-state index in [0.29, 0.717) is 22.7 Å². The number of benzene rings is 2. The number of carbonyl (C=O) groups is 2. The third-order valence-corrected chi connectivity index (χ3v) is 4.21. The van der Waals surface area contributed by atoms with Gasteiger partial charge in [0.2, 0.25) is 0 Å². The van der Waals surface area contributed by atoms with Gasteiger partial charge in [-0.05, 0) is 49.7 Å². The summed E-state index contributed by atoms with van der Waals surface area (Å²) >= 11 is 0. The highest BCUT2D eigenvalue weighted by Gasteiger charge is 2.13. The van der Waals surface area contributed by atoms with Crippen molar-refractivity contribution in [2.45, 2.75) is 13.8 Å². The molecule has 0 aliphatic heterocycles. The van der Waals surface area contributed by atoms with E-state index in [0.717, 1.165) is 11.1 Å². The largest absolute Gasteiger partial charge is 0.497 e. The summed E-state index contributed by atoms with van der Waals surface area (Å²) in [6, 6.07) is 15.8. The molecule has 6 heteroatoms. The summed E-state index contributed by atoms with van der Waals surface area (Å²) in [5.41, 5.74) is 3.89. The lowest BCUT2D eigenvalue weighted by atomic mass is 10.1. The van der Waals surface area contributed by atoms with Crippen LogP contribution in [-0.2, 0) is 0 Å². The molecule has 3 rings (SSSR count). The maximum absolute atomic E-state index is 12.5. The Morgan fingerprint density at radius 2 is 1.75 bits per heavy atom. The predicted molar refractivity (Wildman–Crippen MR) is 109 cm³/mol. The Morgan fingerprint density at radius 1 is 0.929 bits per heavy atom. The van der Waals surface area contributed by atoms with Crippen LogP contribution in [0, 0.1) is 13.8 Å². The van der Waals surface area contributed by atoms with Crippen LogP contribution < -0.4 is 15.4 Å². The molecule has 6 nitrogen and oxygen atoms in total. The van der Waals surface area contributed by atoms with Crippen molar-refractivity contribution >= 4 is 23.2 Å². The molecule has 2 N–H and O–H groups in total. The number of hydrogen-bond acceptors (Lipinski definition) is 4. The van der Waals surface area contributed by atoms with Crippen LogP contribution in [0.3, 0.4) is 0 Å². The fraction of sp³-hybridized carbons (Fsp3) is 0.136. The Kier molecular flexibility index (Phi) is 5.69. The first-order valence-corrected chi connectivity index (χ1v) is 8.76. The average molecular weight is 375 g/mol. The summed E-state index contributed by atoms with van der Waals surface area (Å²) in [6.07, 6.45) is 1.44. The number of nitrogens with zero attached hydrogens (tertiary/aromatic N) is 1. The molecule has 1 heterocycles. The van der Waals surface area contributed by atoms with Crippen molar-refractivity contribution < 1.29 is 14.3 Å². The van der Waals surface area contributed by atoms with E-state index < -0.39 is 0 Å². The number of hydrogen-bond donors (Lipinski definition) is 2. The Balaban J connectivity index is 1.75. The molecule has 2 aromatic carbocycles. The second-order valence-corrected chi connectivity index (χ2v) is 6.39. The Hall–Kier alpha value is -3.67. The number of nitrogens with one attached hydrogen (secondary N) is 2. The van der Waals surface area contributed by atoms with E-state index in [1.54, 1.807) is 37.4 Å². The number of aryl methyl sites for hydroxylation is 2. The predicted octanol–water partition coefficient (Wildman–Crippen LogP) is 4.21. The average Bonchev–Trinajstić information content (AvgIpc) is 2.70. The zero-order valence-corrected chi connectivity index (χ0v) is 15.9. The van der Waals surface area contributed by atoms with Crippen LogP contribution in [0.2, 0.25) is 0 Å². The summed E-state index contributed by atoms with van der Waals surface area (Å²) in [5, 5.41) is 5.62. The van der Waals surface area contributed by atoms with Gasteiger partial charge in [-0.2, -0.15) is 0 Å². The number of carbonyl (C=O) groups excluding carboxylic acids is 2. The number of rotatable bonds is 5. The monoisotopic (exact) mass is 375 g/mol. The molecule has 0 spiro atoms. The third kappa shape index (κ3) is 4.54. The highest BCUT2D eigenvalue weighted by atomic mass is 16.5. The second-order valence-electron chi connectivity index (χ2n) is 6.39. The van der Waals surface area contributed by atoms with E-state index in [1.807, 2.05) is 32.0 Å². The number of ether oxygens (including phenoxy) is 1. The number of anilines is 2. The van der Waals surface area contributed by atoms with Crippen LogP contribution in [-0.4, -0.2) is 23.9 Å². The molecule has 28 heavy (non-hydrogen) atoms. The van der Waals surface area contributed by atoms with E-state index in [9.17, 15) is 9.59 Å². The van der Waals surface area contributed by atoms with Crippen LogP contribution in [0.25, 0.3) is 0 Å². The minimum absolute atomic E-state index is 0.165. The molecule has 0 saturated carbocycles. The molecule has 2 amide bonds. The maximum Gasteiger partial charge on any atom is 0.274 e. The molecular weight excluding hydrogens is 354 g/mol. The van der Waals surface area contributed by atoms with Crippen LogP contribution >= 0.6 is 0 Å². The van der Waals surface area contributed by atoms with Crippen molar-refractivity contribution in [3.05, 3.63) is 83.2 Å². The van der Waals surface area contributed by atoms with Crippen molar-refractivity contribution in [2.24, 2.45) is 0 Å². The van der Waals surface area contributed by atoms with Gasteiger partial charge in [-0.3, -0.25) is 14.6 Å². The van der Waals surface area contributed by atoms with Gasteiger partial charge in [-0.15, -0.1) is 0 Å². The van der Waals surface area contributed by atoms with Gasteiger partial charge in [0.05, 0.1) is 7.11 Å². The lowest BCUT2D eigenvalue weighted by Crippen LogP contribution is -2.17. The lowest BCUT2D eigenvalue weighted by molar-refractivity contribution is 0.102. The van der Waals surface area contributed by atoms with E-state index in [-0.39, 0.29) is 17.5 Å². The van der Waals surface area contributed by atoms with Crippen molar-refractivity contribution in [2.75, 3.05) is 17.7 Å². The second kappa shape index (κ2) is 8.35. The SMILES string of the molecule is COc1cccc(NC(=O)c2ccnc(C(=O)Nc3ccc(C)cc3C)c2)c1. The van der Waals surface area contributed by atoms with E-state index in [4.69, 9.17) is 4.74 Å². The summed E-state index contributed by atoms with van der Waals surface area (Å²) in [4.78, 5) is 29.2. The molecule has 0 aliphatic carbocycles. The van der Waals surface area contributed by atoms with E-state index >= 15 is 0 Å². The molecule has 142 valence electrons. The normalized spacial score (nSPS) is 10.2. The highest BCUT2D eigenvalue weighted by molar-refractivity contribution is 6.08. The zero-order valence-electron chi connectivity index (χ0n) is 15.9. The first-order chi connectivity index (χ1) is 13.5. The summed E-state index contributed by atoms with van der Waals surface area (Å²) in [7, 11) is 1.56. The molecular formula is C22H21N3O3. The minimum Gasteiger partial charge on any atom is -0.497 e. The standard InChI is InChI=1S/C22H21N3O3/c1-14-7-8-19(15(2)11-14)25-22(27)20-12-16(9-10-23-20)21(26)24-17-5-4-6-18(13-17)28-3/h4-13H,1-3H3,(H,24,26)(H,25,27). The summed E-state index contributed by atoms with van der Waals surface area (Å²) < 4.78 is 5.15. The van der Waals surface area contributed by atoms with Crippen molar-refractivity contribution in [3.63, 3.8) is 0 Å². The Morgan fingerprint density at radius 3 is 2.50 bits per heavy atom. The van der Waals surface area contributed by atoms with Gasteiger partial charge >= 0.3 is 0 Å². The first kappa shape index (κ1) is 19.1. The number of pyridine rings is 1. The van der Waals surface area contributed by atoms with Crippen LogP contribution in [0.4, 0.5) is 11.4 Å². The first-order valence-electron chi connectivity index (χ1n) is 8.76. The molecule has 0 saturated heterocycles. The highest BCUT2D eigenvalue weighted by Crippen LogP contribution is 2.19. The maximum atomic E-state index is 12.5. The molecule has 1 aromatic heterocycles. The van der Waals surface area contributed by atoms with Crippen LogP contribution in [0.15, 0.2) is 60.8 Å². The van der Waals surface area contributed by atoms with Crippen molar-refractivity contribution in [1.29, 1.82) is 0 Å². The lowest BCUT2D eigenvalue weighted by Gasteiger charge is -2.10. The zero-order chi connectivity index (χ0) is 20.1. The number of methoxy groups -OCH3 is 1. The number of aromatic nitrogens is 1. The van der Waals surface area contributed by atoms with E-state index in [2.05, 4.69) is 15.6 Å². The van der Waals surface area contributed by atoms with Crippen LogP contribution in [0.1, 0.15) is 32.0 Å². The van der Waals surface area contributed by atoms with Gasteiger partial charge in [0.1, 0.15) is 11.4 Å². The minimum atomic E-state index is -0.372. The molecule has 0 unspecified atom stereocenters. The van der Waals surface area contributed by atoms with E-state index in [1.165, 1.54) is 12.3 Å². The molecule has 0 bridgehead atoms. The summed E-state index contributed by atoms with van der Waals surface area (Å²) in [6.45, 7) is 3.92. The van der Waals surface area contributed by atoms with Gasteiger partial charge in [-0.1, -0.05) is 23.8 Å². The Labute approximate surface area is 163 Å². The molecule has 0 radical (unpaired) electrons. The van der Waals surface area contributed by atoms with Crippen molar-refractivity contribution in [1.82, 2.24) is 4.98 Å². The molecule has 0 fully saturated rings. The van der Waals surface area contributed by atoms with Crippen LogP contribution in [0.5, 0.6) is 5.75 Å². The van der Waals surface area contributed by atoms with Gasteiger partial charge in [0.25, 0.3) is 11.8 Å². The fourth-order valence-electron chi connectivity index (χ4n) is 2.74. The van der Waals surface area contributed by atoms with Gasteiger partial charge in [0, 0.05) is 29.2 Å². The topological polar surface area (TPSA) is 80.3 Å². The third-order valence-electron chi connectivity index (χ3n) is 4.21.